The van der Waals surface area contributed by atoms with E-state index in [1.807, 2.05) is 12.4 Å². The topological polar surface area (TPSA) is 34.0 Å². The molecule has 0 amide bonds. The standard InChI is InChI=1S/C26H20N4/c1-2-24-28-21-13-12-20(18-14-16-27-17-15-18)25-26(21)30(24)23-11-7-6-10-22(23)29(25)19-8-4-3-5-9-19/h3-17H,2H2,1H3. The quantitative estimate of drug-likeness (QED) is 0.350. The monoisotopic (exact) mass is 388 g/mol. The van der Waals surface area contributed by atoms with Crippen LogP contribution in [0.3, 0.4) is 0 Å². The van der Waals surface area contributed by atoms with Crippen molar-refractivity contribution < 1.29 is 0 Å². The zero-order chi connectivity index (χ0) is 20.1. The third kappa shape index (κ3) is 2.34. The van der Waals surface area contributed by atoms with Crippen LogP contribution in [-0.2, 0) is 6.42 Å². The van der Waals surface area contributed by atoms with Gasteiger partial charge in [0.15, 0.2) is 0 Å². The fraction of sp³-hybridized carbons (Fsp3) is 0.0769. The van der Waals surface area contributed by atoms with Crippen molar-refractivity contribution >= 4 is 28.1 Å². The van der Waals surface area contributed by atoms with E-state index in [-0.39, 0.29) is 0 Å². The minimum atomic E-state index is 0.873. The van der Waals surface area contributed by atoms with Crippen molar-refractivity contribution in [3.8, 4) is 16.8 Å². The molecule has 4 nitrogen and oxygen atoms in total. The Kier molecular flexibility index (Phi) is 3.71. The fourth-order valence-corrected chi connectivity index (χ4v) is 4.49. The molecule has 0 aliphatic carbocycles. The molecule has 0 fully saturated rings. The molecule has 4 heteroatoms. The molecule has 3 heterocycles. The van der Waals surface area contributed by atoms with Gasteiger partial charge in [0.2, 0.25) is 0 Å². The Morgan fingerprint density at radius 2 is 1.50 bits per heavy atom. The Morgan fingerprint density at radius 1 is 0.767 bits per heavy atom. The Labute approximate surface area is 175 Å². The van der Waals surface area contributed by atoms with Gasteiger partial charge in [-0.2, -0.15) is 0 Å². The summed E-state index contributed by atoms with van der Waals surface area (Å²) in [7, 11) is 0. The lowest BCUT2D eigenvalue weighted by atomic mass is 9.99. The molecule has 1 aliphatic rings. The average molecular weight is 388 g/mol. The van der Waals surface area contributed by atoms with Gasteiger partial charge in [-0.15, -0.1) is 0 Å². The van der Waals surface area contributed by atoms with Gasteiger partial charge in [0.25, 0.3) is 0 Å². The van der Waals surface area contributed by atoms with Crippen molar-refractivity contribution in [2.24, 2.45) is 0 Å². The molecule has 30 heavy (non-hydrogen) atoms. The van der Waals surface area contributed by atoms with Gasteiger partial charge in [-0.05, 0) is 54.1 Å². The zero-order valence-electron chi connectivity index (χ0n) is 16.7. The molecule has 0 radical (unpaired) electrons. The van der Waals surface area contributed by atoms with E-state index >= 15 is 0 Å². The minimum Gasteiger partial charge on any atom is -0.306 e. The summed E-state index contributed by atoms with van der Waals surface area (Å²) >= 11 is 0. The van der Waals surface area contributed by atoms with E-state index in [1.54, 1.807) is 0 Å². The van der Waals surface area contributed by atoms with E-state index < -0.39 is 0 Å². The van der Waals surface area contributed by atoms with Gasteiger partial charge in [0.05, 0.1) is 28.1 Å². The molecular formula is C26H20N4. The van der Waals surface area contributed by atoms with Crippen LogP contribution in [0.4, 0.5) is 17.1 Å². The fourth-order valence-electron chi connectivity index (χ4n) is 4.49. The van der Waals surface area contributed by atoms with Crippen LogP contribution in [-0.4, -0.2) is 14.5 Å². The Morgan fingerprint density at radius 3 is 2.27 bits per heavy atom. The van der Waals surface area contributed by atoms with Gasteiger partial charge in [0.1, 0.15) is 5.82 Å². The normalized spacial score (nSPS) is 12.2. The van der Waals surface area contributed by atoms with E-state index in [4.69, 9.17) is 4.98 Å². The van der Waals surface area contributed by atoms with Gasteiger partial charge in [-0.1, -0.05) is 37.3 Å². The van der Waals surface area contributed by atoms with Crippen LogP contribution in [0.25, 0.3) is 27.8 Å². The number of para-hydroxylation sites is 3. The molecule has 6 rings (SSSR count). The molecule has 0 atom stereocenters. The molecule has 144 valence electrons. The molecule has 0 spiro atoms. The highest BCUT2D eigenvalue weighted by Gasteiger charge is 2.30. The molecule has 3 aromatic carbocycles. The smallest absolute Gasteiger partial charge is 0.114 e. The number of rotatable bonds is 3. The second kappa shape index (κ2) is 6.56. The number of hydrogen-bond donors (Lipinski definition) is 0. The highest BCUT2D eigenvalue weighted by molar-refractivity contribution is 6.07. The van der Waals surface area contributed by atoms with Crippen molar-refractivity contribution in [2.45, 2.75) is 13.3 Å². The van der Waals surface area contributed by atoms with Gasteiger partial charge < -0.3 is 4.90 Å². The Bertz CT molecular complexity index is 1370. The third-order valence-electron chi connectivity index (χ3n) is 5.77. The number of hydrogen-bond acceptors (Lipinski definition) is 3. The Balaban J connectivity index is 1.80. The van der Waals surface area contributed by atoms with E-state index in [9.17, 15) is 0 Å². The number of pyridine rings is 1. The predicted octanol–water partition coefficient (Wildman–Crippen LogP) is 6.43. The van der Waals surface area contributed by atoms with Gasteiger partial charge in [-0.25, -0.2) is 4.98 Å². The number of anilines is 3. The second-order valence-corrected chi connectivity index (χ2v) is 7.44. The van der Waals surface area contributed by atoms with Crippen LogP contribution in [0, 0.1) is 0 Å². The molecule has 0 unspecified atom stereocenters. The first-order chi connectivity index (χ1) is 14.9. The van der Waals surface area contributed by atoms with E-state index in [0.29, 0.717) is 0 Å². The first-order valence-electron chi connectivity index (χ1n) is 10.3. The lowest BCUT2D eigenvalue weighted by Crippen LogP contribution is -2.19. The summed E-state index contributed by atoms with van der Waals surface area (Å²) in [6.45, 7) is 2.17. The summed E-state index contributed by atoms with van der Waals surface area (Å²) in [6, 6.07) is 27.6. The molecule has 5 aromatic rings. The number of imidazole rings is 1. The zero-order valence-corrected chi connectivity index (χ0v) is 16.7. The maximum Gasteiger partial charge on any atom is 0.114 e. The molecule has 0 N–H and O–H groups in total. The van der Waals surface area contributed by atoms with Crippen molar-refractivity contribution in [2.75, 3.05) is 4.90 Å². The summed E-state index contributed by atoms with van der Waals surface area (Å²) in [4.78, 5) is 11.6. The summed E-state index contributed by atoms with van der Waals surface area (Å²) < 4.78 is 2.34. The number of benzene rings is 3. The lowest BCUT2D eigenvalue weighted by Gasteiger charge is -2.34. The molecule has 0 saturated heterocycles. The first kappa shape index (κ1) is 17.0. The van der Waals surface area contributed by atoms with E-state index in [0.717, 1.165) is 45.9 Å². The summed E-state index contributed by atoms with van der Waals surface area (Å²) in [6.07, 6.45) is 4.58. The van der Waals surface area contributed by atoms with Gasteiger partial charge in [0, 0.05) is 30.1 Å². The number of aromatic nitrogens is 3. The third-order valence-corrected chi connectivity index (χ3v) is 5.77. The maximum atomic E-state index is 4.99. The highest BCUT2D eigenvalue weighted by Crippen LogP contribution is 2.50. The second-order valence-electron chi connectivity index (χ2n) is 7.44. The van der Waals surface area contributed by atoms with Crippen molar-refractivity contribution in [3.05, 3.63) is 97.1 Å². The van der Waals surface area contributed by atoms with Crippen LogP contribution in [0.1, 0.15) is 12.7 Å². The van der Waals surface area contributed by atoms with Crippen LogP contribution >= 0.6 is 0 Å². The number of nitrogens with zero attached hydrogens (tertiary/aromatic N) is 4. The van der Waals surface area contributed by atoms with Crippen molar-refractivity contribution in [1.29, 1.82) is 0 Å². The van der Waals surface area contributed by atoms with Crippen LogP contribution in [0.2, 0.25) is 0 Å². The summed E-state index contributed by atoms with van der Waals surface area (Å²) in [5, 5.41) is 0. The molecule has 0 saturated carbocycles. The Hall–Kier alpha value is -3.92. The van der Waals surface area contributed by atoms with Crippen molar-refractivity contribution in [1.82, 2.24) is 14.5 Å². The first-order valence-corrected chi connectivity index (χ1v) is 10.3. The van der Waals surface area contributed by atoms with E-state index in [2.05, 4.69) is 100 Å². The van der Waals surface area contributed by atoms with Gasteiger partial charge in [-0.3, -0.25) is 9.55 Å². The molecule has 2 aromatic heterocycles. The highest BCUT2D eigenvalue weighted by atomic mass is 15.2. The number of aryl methyl sites for hydroxylation is 1. The maximum absolute atomic E-state index is 4.99. The lowest BCUT2D eigenvalue weighted by molar-refractivity contribution is 0.900. The van der Waals surface area contributed by atoms with Crippen LogP contribution in [0.15, 0.2) is 91.3 Å². The summed E-state index contributed by atoms with van der Waals surface area (Å²) in [5.74, 6) is 1.08. The molecule has 0 bridgehead atoms. The summed E-state index contributed by atoms with van der Waals surface area (Å²) in [5.41, 5.74) is 9.12. The van der Waals surface area contributed by atoms with E-state index in [1.165, 1.54) is 11.3 Å². The van der Waals surface area contributed by atoms with Crippen molar-refractivity contribution in [3.63, 3.8) is 0 Å². The van der Waals surface area contributed by atoms with Gasteiger partial charge >= 0.3 is 0 Å². The average Bonchev–Trinajstić information content (AvgIpc) is 3.20. The predicted molar refractivity (Wildman–Crippen MR) is 122 cm³/mol. The molecule has 1 aliphatic heterocycles. The number of fused-ring (bicyclic) bond motifs is 2. The SMILES string of the molecule is CCc1nc2ccc(-c3ccncc3)c3c2n1-c1ccccc1N3c1ccccc1. The van der Waals surface area contributed by atoms with Crippen LogP contribution in [0.5, 0.6) is 0 Å². The molecular weight excluding hydrogens is 368 g/mol. The largest absolute Gasteiger partial charge is 0.306 e. The van der Waals surface area contributed by atoms with Crippen LogP contribution < -0.4 is 4.90 Å². The minimum absolute atomic E-state index is 0.873.